The molecule has 1 aromatic carbocycles. The smallest absolute Gasteiger partial charge is 0.119 e. The molecule has 2 heteroatoms. The second-order valence-electron chi connectivity index (χ2n) is 3.60. The highest BCUT2D eigenvalue weighted by Crippen LogP contribution is 2.27. The van der Waals surface area contributed by atoms with Crippen molar-refractivity contribution in [3.05, 3.63) is 29.8 Å². The second-order valence-corrected chi connectivity index (χ2v) is 3.60. The van der Waals surface area contributed by atoms with E-state index in [0.717, 1.165) is 24.2 Å². The van der Waals surface area contributed by atoms with Crippen LogP contribution in [0, 0.1) is 0 Å². The summed E-state index contributed by atoms with van der Waals surface area (Å²) in [4.78, 5) is 0. The maximum absolute atomic E-state index is 6.29. The molecule has 0 radical (unpaired) electrons. The minimum absolute atomic E-state index is 0.214. The third-order valence-corrected chi connectivity index (χ3v) is 2.91. The summed E-state index contributed by atoms with van der Waals surface area (Å²) in [7, 11) is 1.68. The zero-order valence-electron chi connectivity index (χ0n) is 9.21. The molecule has 0 bridgehead atoms. The Labute approximate surface area is 86.1 Å². The van der Waals surface area contributed by atoms with Crippen molar-refractivity contribution >= 4 is 0 Å². The average molecular weight is 193 g/mol. The Hall–Kier alpha value is -1.02. The summed E-state index contributed by atoms with van der Waals surface area (Å²) in [5.41, 5.74) is 7.23. The zero-order chi connectivity index (χ0) is 10.6. The number of rotatable bonds is 4. The molecular weight excluding hydrogens is 174 g/mol. The molecule has 0 atom stereocenters. The molecule has 0 spiro atoms. The fraction of sp³-hybridized carbons (Fsp3) is 0.500. The van der Waals surface area contributed by atoms with E-state index in [0.29, 0.717) is 0 Å². The molecule has 0 fully saturated rings. The number of ether oxygens (including phenoxy) is 1. The van der Waals surface area contributed by atoms with Crippen LogP contribution in [0.3, 0.4) is 0 Å². The lowest BCUT2D eigenvalue weighted by Gasteiger charge is -2.27. The van der Waals surface area contributed by atoms with Crippen LogP contribution in [0.4, 0.5) is 0 Å². The average Bonchev–Trinajstić information content (AvgIpc) is 2.28. The minimum Gasteiger partial charge on any atom is -0.497 e. The van der Waals surface area contributed by atoms with Gasteiger partial charge >= 0.3 is 0 Å². The Kier molecular flexibility index (Phi) is 3.53. The molecule has 0 aliphatic heterocycles. The Balaban J connectivity index is 3.04. The first-order valence-corrected chi connectivity index (χ1v) is 5.09. The predicted molar refractivity (Wildman–Crippen MR) is 59.4 cm³/mol. The summed E-state index contributed by atoms with van der Waals surface area (Å²) in [5.74, 6) is 0.874. The van der Waals surface area contributed by atoms with Crippen molar-refractivity contribution in [3.8, 4) is 5.75 Å². The highest BCUT2D eigenvalue weighted by Gasteiger charge is 2.22. The number of hydrogen-bond acceptors (Lipinski definition) is 2. The van der Waals surface area contributed by atoms with Gasteiger partial charge in [-0.25, -0.2) is 0 Å². The van der Waals surface area contributed by atoms with Crippen molar-refractivity contribution in [2.24, 2.45) is 5.73 Å². The SMILES string of the molecule is CCC(N)(CC)c1cccc(OC)c1. The van der Waals surface area contributed by atoms with E-state index < -0.39 is 0 Å². The highest BCUT2D eigenvalue weighted by molar-refractivity contribution is 5.33. The second kappa shape index (κ2) is 4.47. The van der Waals surface area contributed by atoms with Gasteiger partial charge in [-0.2, -0.15) is 0 Å². The maximum Gasteiger partial charge on any atom is 0.119 e. The van der Waals surface area contributed by atoms with Crippen LogP contribution in [-0.4, -0.2) is 7.11 Å². The number of nitrogens with two attached hydrogens (primary N) is 1. The Morgan fingerprint density at radius 3 is 2.43 bits per heavy atom. The van der Waals surface area contributed by atoms with E-state index in [1.54, 1.807) is 7.11 Å². The molecule has 78 valence electrons. The molecule has 2 nitrogen and oxygen atoms in total. The van der Waals surface area contributed by atoms with E-state index >= 15 is 0 Å². The van der Waals surface area contributed by atoms with Gasteiger partial charge in [0, 0.05) is 5.54 Å². The van der Waals surface area contributed by atoms with Crippen molar-refractivity contribution < 1.29 is 4.74 Å². The first-order chi connectivity index (χ1) is 6.66. The number of hydrogen-bond donors (Lipinski definition) is 1. The minimum atomic E-state index is -0.214. The van der Waals surface area contributed by atoms with E-state index in [-0.39, 0.29) is 5.54 Å². The normalized spacial score (nSPS) is 11.4. The fourth-order valence-corrected chi connectivity index (χ4v) is 1.59. The van der Waals surface area contributed by atoms with Gasteiger partial charge in [-0.3, -0.25) is 0 Å². The summed E-state index contributed by atoms with van der Waals surface area (Å²) in [6, 6.07) is 8.01. The number of benzene rings is 1. The summed E-state index contributed by atoms with van der Waals surface area (Å²) in [6.07, 6.45) is 1.88. The van der Waals surface area contributed by atoms with Crippen molar-refractivity contribution in [2.75, 3.05) is 7.11 Å². The van der Waals surface area contributed by atoms with Crippen molar-refractivity contribution in [2.45, 2.75) is 32.2 Å². The van der Waals surface area contributed by atoms with Gasteiger partial charge in [-0.15, -0.1) is 0 Å². The van der Waals surface area contributed by atoms with E-state index in [2.05, 4.69) is 19.9 Å². The van der Waals surface area contributed by atoms with E-state index in [1.807, 2.05) is 18.2 Å². The van der Waals surface area contributed by atoms with E-state index in [9.17, 15) is 0 Å². The molecule has 0 saturated carbocycles. The Morgan fingerprint density at radius 2 is 1.93 bits per heavy atom. The van der Waals surface area contributed by atoms with Crippen LogP contribution in [0.1, 0.15) is 32.3 Å². The lowest BCUT2D eigenvalue weighted by atomic mass is 9.86. The summed E-state index contributed by atoms with van der Waals surface area (Å²) in [6.45, 7) is 4.23. The molecule has 1 aromatic rings. The number of methoxy groups -OCH3 is 1. The summed E-state index contributed by atoms with van der Waals surface area (Å²) < 4.78 is 5.18. The largest absolute Gasteiger partial charge is 0.497 e. The van der Waals surface area contributed by atoms with Crippen LogP contribution in [0.5, 0.6) is 5.75 Å². The first-order valence-electron chi connectivity index (χ1n) is 5.09. The monoisotopic (exact) mass is 193 g/mol. The van der Waals surface area contributed by atoms with Gasteiger partial charge in [0.15, 0.2) is 0 Å². The van der Waals surface area contributed by atoms with Gasteiger partial charge in [-0.1, -0.05) is 26.0 Å². The van der Waals surface area contributed by atoms with Gasteiger partial charge in [0.05, 0.1) is 7.11 Å². The molecule has 0 saturated heterocycles. The summed E-state index contributed by atoms with van der Waals surface area (Å²) in [5, 5.41) is 0. The third kappa shape index (κ3) is 2.07. The first kappa shape index (κ1) is 11.1. The van der Waals surface area contributed by atoms with Gasteiger partial charge in [0.2, 0.25) is 0 Å². The van der Waals surface area contributed by atoms with Gasteiger partial charge in [0.1, 0.15) is 5.75 Å². The van der Waals surface area contributed by atoms with Gasteiger partial charge in [-0.05, 0) is 30.5 Å². The van der Waals surface area contributed by atoms with Gasteiger partial charge in [0.25, 0.3) is 0 Å². The quantitative estimate of drug-likeness (QED) is 0.798. The molecule has 2 N–H and O–H groups in total. The lowest BCUT2D eigenvalue weighted by molar-refractivity contribution is 0.396. The molecule has 0 heterocycles. The molecule has 0 aromatic heterocycles. The molecule has 0 unspecified atom stereocenters. The Bertz CT molecular complexity index is 292. The van der Waals surface area contributed by atoms with E-state index in [1.165, 1.54) is 0 Å². The van der Waals surface area contributed by atoms with Crippen LogP contribution in [0.15, 0.2) is 24.3 Å². The standard InChI is InChI=1S/C12H19NO/c1-4-12(13,5-2)10-7-6-8-11(9-10)14-3/h6-9H,4-5,13H2,1-3H3. The topological polar surface area (TPSA) is 35.2 Å². The molecule has 0 aliphatic rings. The predicted octanol–water partition coefficient (Wildman–Crippen LogP) is 2.67. The van der Waals surface area contributed by atoms with Crippen LogP contribution < -0.4 is 10.5 Å². The highest BCUT2D eigenvalue weighted by atomic mass is 16.5. The molecule has 0 amide bonds. The molecule has 1 rings (SSSR count). The van der Waals surface area contributed by atoms with Crippen molar-refractivity contribution in [1.29, 1.82) is 0 Å². The van der Waals surface area contributed by atoms with Crippen molar-refractivity contribution in [1.82, 2.24) is 0 Å². The van der Waals surface area contributed by atoms with Crippen molar-refractivity contribution in [3.63, 3.8) is 0 Å². The van der Waals surface area contributed by atoms with E-state index in [4.69, 9.17) is 10.5 Å². The van der Waals surface area contributed by atoms with Gasteiger partial charge < -0.3 is 10.5 Å². The Morgan fingerprint density at radius 1 is 1.29 bits per heavy atom. The maximum atomic E-state index is 6.29. The molecular formula is C12H19NO. The summed E-state index contributed by atoms with van der Waals surface area (Å²) >= 11 is 0. The van der Waals surface area contributed by atoms with Crippen LogP contribution in [0.25, 0.3) is 0 Å². The van der Waals surface area contributed by atoms with Crippen LogP contribution in [0.2, 0.25) is 0 Å². The lowest BCUT2D eigenvalue weighted by Crippen LogP contribution is -2.34. The van der Waals surface area contributed by atoms with Crippen LogP contribution in [-0.2, 0) is 5.54 Å². The fourth-order valence-electron chi connectivity index (χ4n) is 1.59. The van der Waals surface area contributed by atoms with Crippen LogP contribution >= 0.6 is 0 Å². The molecule has 14 heavy (non-hydrogen) atoms. The zero-order valence-corrected chi connectivity index (χ0v) is 9.21. The third-order valence-electron chi connectivity index (χ3n) is 2.91. The molecule has 0 aliphatic carbocycles.